The summed E-state index contributed by atoms with van der Waals surface area (Å²) in [7, 11) is 1.62. The summed E-state index contributed by atoms with van der Waals surface area (Å²) >= 11 is 7.47. The number of hydrogen-bond donors (Lipinski definition) is 0. The third-order valence-corrected chi connectivity index (χ3v) is 5.52. The van der Waals surface area contributed by atoms with Crippen LogP contribution in [0.15, 0.2) is 70.7 Å². The zero-order valence-electron chi connectivity index (χ0n) is 15.1. The van der Waals surface area contributed by atoms with Crippen LogP contribution >= 0.6 is 23.4 Å². The Morgan fingerprint density at radius 1 is 1.14 bits per heavy atom. The molecule has 0 atom stereocenters. The molecule has 0 radical (unpaired) electrons. The molecule has 2 heterocycles. The molecule has 0 bridgehead atoms. The van der Waals surface area contributed by atoms with Crippen molar-refractivity contribution in [1.82, 2.24) is 19.2 Å². The van der Waals surface area contributed by atoms with Crippen molar-refractivity contribution in [2.75, 3.05) is 7.11 Å². The van der Waals surface area contributed by atoms with Crippen LogP contribution in [0.25, 0.3) is 5.65 Å². The van der Waals surface area contributed by atoms with Crippen molar-refractivity contribution in [3.8, 4) is 5.75 Å². The van der Waals surface area contributed by atoms with Crippen molar-refractivity contribution < 1.29 is 4.74 Å². The molecule has 0 amide bonds. The molecule has 2 aromatic heterocycles. The highest BCUT2D eigenvalue weighted by atomic mass is 35.5. The number of halogens is 1. The maximum atomic E-state index is 12.7. The summed E-state index contributed by atoms with van der Waals surface area (Å²) in [6, 6.07) is 15.3. The van der Waals surface area contributed by atoms with Crippen LogP contribution in [0.5, 0.6) is 5.75 Å². The normalized spacial score (nSPS) is 11.1. The second-order valence-electron chi connectivity index (χ2n) is 6.13. The molecule has 0 aliphatic heterocycles. The van der Waals surface area contributed by atoms with Crippen molar-refractivity contribution in [3.63, 3.8) is 0 Å². The first-order valence-corrected chi connectivity index (χ1v) is 9.95. The lowest BCUT2D eigenvalue weighted by atomic mass is 10.2. The van der Waals surface area contributed by atoms with Gasteiger partial charge in [0.25, 0.3) is 0 Å². The molecule has 0 saturated heterocycles. The minimum absolute atomic E-state index is 0.200. The van der Waals surface area contributed by atoms with E-state index >= 15 is 0 Å². The number of hydrogen-bond acceptors (Lipinski definition) is 5. The molecule has 0 N–H and O–H groups in total. The van der Waals surface area contributed by atoms with Crippen molar-refractivity contribution >= 4 is 29.0 Å². The molecular weight excluding hydrogens is 396 g/mol. The highest BCUT2D eigenvalue weighted by molar-refractivity contribution is 7.98. The van der Waals surface area contributed by atoms with Crippen LogP contribution in [0, 0.1) is 0 Å². The predicted molar refractivity (Wildman–Crippen MR) is 110 cm³/mol. The Labute approximate surface area is 170 Å². The van der Waals surface area contributed by atoms with Crippen LogP contribution in [0.1, 0.15) is 11.1 Å². The number of nitrogens with zero attached hydrogens (tertiary/aromatic N) is 4. The fourth-order valence-corrected chi connectivity index (χ4v) is 3.83. The quantitative estimate of drug-likeness (QED) is 0.449. The molecular formula is C20H17ClN4O2S. The molecule has 0 fully saturated rings. The van der Waals surface area contributed by atoms with Gasteiger partial charge in [-0.2, -0.15) is 0 Å². The number of methoxy groups -OCH3 is 1. The Kier molecular flexibility index (Phi) is 5.36. The van der Waals surface area contributed by atoms with E-state index in [0.717, 1.165) is 16.9 Å². The molecule has 0 aliphatic carbocycles. The van der Waals surface area contributed by atoms with E-state index in [4.69, 9.17) is 16.3 Å². The molecule has 4 aromatic rings. The molecule has 0 aliphatic rings. The first-order chi connectivity index (χ1) is 13.6. The summed E-state index contributed by atoms with van der Waals surface area (Å²) in [5.74, 6) is 1.45. The summed E-state index contributed by atoms with van der Waals surface area (Å²) in [6.45, 7) is 0.360. The van der Waals surface area contributed by atoms with Crippen LogP contribution in [-0.2, 0) is 12.3 Å². The average Bonchev–Trinajstić information content (AvgIpc) is 3.04. The van der Waals surface area contributed by atoms with E-state index in [9.17, 15) is 4.79 Å². The fraction of sp³-hybridized carbons (Fsp3) is 0.150. The second kappa shape index (κ2) is 8.08. The molecule has 2 aromatic carbocycles. The summed E-state index contributed by atoms with van der Waals surface area (Å²) in [4.78, 5) is 17.1. The van der Waals surface area contributed by atoms with Gasteiger partial charge in [-0.3, -0.25) is 0 Å². The second-order valence-corrected chi connectivity index (χ2v) is 7.53. The first-order valence-electron chi connectivity index (χ1n) is 8.58. The Morgan fingerprint density at radius 2 is 1.96 bits per heavy atom. The Balaban J connectivity index is 1.61. The standard InChI is InChI=1S/C20H17ClN4O2S/c1-27-17-4-2-3-15(11-17)12-25-20(26)24-10-9-22-19(18(24)23-25)28-13-14-5-7-16(21)8-6-14/h2-11H,12-13H2,1H3. The van der Waals surface area contributed by atoms with Gasteiger partial charge in [-0.1, -0.05) is 47.6 Å². The number of benzene rings is 2. The molecule has 0 unspecified atom stereocenters. The third kappa shape index (κ3) is 3.90. The zero-order chi connectivity index (χ0) is 19.5. The van der Waals surface area contributed by atoms with E-state index in [-0.39, 0.29) is 5.69 Å². The van der Waals surface area contributed by atoms with Crippen LogP contribution in [-0.4, -0.2) is 26.3 Å². The summed E-state index contributed by atoms with van der Waals surface area (Å²) in [5.41, 5.74) is 2.41. The van der Waals surface area contributed by atoms with Gasteiger partial charge in [0.05, 0.1) is 13.7 Å². The molecule has 0 spiro atoms. The summed E-state index contributed by atoms with van der Waals surface area (Å²) in [6.07, 6.45) is 3.26. The summed E-state index contributed by atoms with van der Waals surface area (Å²) < 4.78 is 8.22. The van der Waals surface area contributed by atoms with Gasteiger partial charge in [-0.05, 0) is 35.4 Å². The van der Waals surface area contributed by atoms with Crippen LogP contribution in [0.3, 0.4) is 0 Å². The van der Waals surface area contributed by atoms with Crippen LogP contribution in [0.2, 0.25) is 5.02 Å². The molecule has 8 heteroatoms. The topological polar surface area (TPSA) is 61.4 Å². The molecule has 0 saturated carbocycles. The number of aromatic nitrogens is 4. The minimum atomic E-state index is -0.200. The highest BCUT2D eigenvalue weighted by Gasteiger charge is 2.13. The van der Waals surface area contributed by atoms with E-state index in [1.807, 2.05) is 48.5 Å². The monoisotopic (exact) mass is 412 g/mol. The van der Waals surface area contributed by atoms with E-state index in [1.165, 1.54) is 20.8 Å². The van der Waals surface area contributed by atoms with Crippen molar-refractivity contribution in [2.45, 2.75) is 17.3 Å². The Hall–Kier alpha value is -2.77. The lowest BCUT2D eigenvalue weighted by Gasteiger charge is -2.03. The van der Waals surface area contributed by atoms with Gasteiger partial charge in [0.15, 0.2) is 5.65 Å². The van der Waals surface area contributed by atoms with E-state index in [0.29, 0.717) is 28.0 Å². The van der Waals surface area contributed by atoms with Gasteiger partial charge < -0.3 is 4.74 Å². The number of rotatable bonds is 6. The van der Waals surface area contributed by atoms with Gasteiger partial charge in [-0.25, -0.2) is 18.9 Å². The Bertz CT molecular complexity index is 1170. The van der Waals surface area contributed by atoms with Gasteiger partial charge >= 0.3 is 5.69 Å². The molecule has 28 heavy (non-hydrogen) atoms. The minimum Gasteiger partial charge on any atom is -0.497 e. The largest absolute Gasteiger partial charge is 0.497 e. The Morgan fingerprint density at radius 3 is 2.75 bits per heavy atom. The van der Waals surface area contributed by atoms with Gasteiger partial charge in [0, 0.05) is 23.2 Å². The van der Waals surface area contributed by atoms with Gasteiger partial charge in [0.2, 0.25) is 0 Å². The van der Waals surface area contributed by atoms with Crippen LogP contribution < -0.4 is 10.4 Å². The number of fused-ring (bicyclic) bond motifs is 1. The molecule has 6 nitrogen and oxygen atoms in total. The first kappa shape index (κ1) is 18.6. The van der Waals surface area contributed by atoms with Crippen molar-refractivity contribution in [2.24, 2.45) is 0 Å². The third-order valence-electron chi connectivity index (χ3n) is 4.22. The molecule has 142 valence electrons. The number of ether oxygens (including phenoxy) is 1. The van der Waals surface area contributed by atoms with E-state index < -0.39 is 0 Å². The maximum Gasteiger partial charge on any atom is 0.350 e. The summed E-state index contributed by atoms with van der Waals surface area (Å²) in [5, 5.41) is 5.92. The van der Waals surface area contributed by atoms with E-state index in [2.05, 4.69) is 10.1 Å². The van der Waals surface area contributed by atoms with Gasteiger partial charge in [0.1, 0.15) is 10.8 Å². The average molecular weight is 413 g/mol. The zero-order valence-corrected chi connectivity index (χ0v) is 16.7. The lowest BCUT2D eigenvalue weighted by molar-refractivity contribution is 0.414. The van der Waals surface area contributed by atoms with Crippen LogP contribution in [0.4, 0.5) is 0 Å². The SMILES string of the molecule is COc1cccc(Cn2nc3c(SCc4ccc(Cl)cc4)nccn3c2=O)c1. The predicted octanol–water partition coefficient (Wildman–Crippen LogP) is 3.89. The highest BCUT2D eigenvalue weighted by Crippen LogP contribution is 2.24. The smallest absolute Gasteiger partial charge is 0.350 e. The van der Waals surface area contributed by atoms with Crippen molar-refractivity contribution in [1.29, 1.82) is 0 Å². The molecule has 4 rings (SSSR count). The maximum absolute atomic E-state index is 12.7. The lowest BCUT2D eigenvalue weighted by Crippen LogP contribution is -2.21. The number of thioether (sulfide) groups is 1. The van der Waals surface area contributed by atoms with E-state index in [1.54, 1.807) is 19.5 Å². The van der Waals surface area contributed by atoms with Crippen molar-refractivity contribution in [3.05, 3.63) is 87.6 Å². The fourth-order valence-electron chi connectivity index (χ4n) is 2.81. The van der Waals surface area contributed by atoms with Gasteiger partial charge in [-0.15, -0.1) is 5.10 Å².